The van der Waals surface area contributed by atoms with E-state index in [1.54, 1.807) is 0 Å². The molecule has 1 aliphatic rings. The van der Waals surface area contributed by atoms with E-state index in [1.165, 1.54) is 6.42 Å². The van der Waals surface area contributed by atoms with Crippen LogP contribution < -0.4 is 10.5 Å². The molecule has 1 aromatic carbocycles. The zero-order valence-corrected chi connectivity index (χ0v) is 13.2. The third-order valence-corrected chi connectivity index (χ3v) is 4.01. The van der Waals surface area contributed by atoms with Crippen LogP contribution in [0.3, 0.4) is 0 Å². The maximum atomic E-state index is 10.1. The summed E-state index contributed by atoms with van der Waals surface area (Å²) in [7, 11) is 0. The second-order valence-corrected chi connectivity index (χ2v) is 6.48. The van der Waals surface area contributed by atoms with Gasteiger partial charge in [-0.05, 0) is 36.0 Å². The molecule has 4 heteroatoms. The van der Waals surface area contributed by atoms with Gasteiger partial charge in [-0.2, -0.15) is 0 Å². The number of hydrogen-bond donors (Lipinski definition) is 2. The van der Waals surface area contributed by atoms with Gasteiger partial charge in [0.05, 0.1) is 0 Å². The second-order valence-electron chi connectivity index (χ2n) is 6.48. The van der Waals surface area contributed by atoms with Crippen LogP contribution in [0.15, 0.2) is 24.3 Å². The molecule has 1 saturated heterocycles. The highest BCUT2D eigenvalue weighted by atomic mass is 16.5. The Morgan fingerprint density at radius 2 is 1.86 bits per heavy atom. The normalized spacial score (nSPS) is 24.8. The third-order valence-electron chi connectivity index (χ3n) is 4.01. The number of rotatable bonds is 6. The zero-order valence-electron chi connectivity index (χ0n) is 13.2. The van der Waals surface area contributed by atoms with E-state index in [9.17, 15) is 5.11 Å². The number of piperidine rings is 1. The maximum Gasteiger partial charge on any atom is 0.119 e. The molecule has 2 rings (SSSR count). The first kappa shape index (κ1) is 16.3. The molecule has 0 aliphatic carbocycles. The summed E-state index contributed by atoms with van der Waals surface area (Å²) in [6.45, 7) is 8.28. The fraction of sp³-hybridized carbons (Fsp3) is 0.647. The van der Waals surface area contributed by atoms with E-state index in [0.717, 1.165) is 24.4 Å². The van der Waals surface area contributed by atoms with E-state index < -0.39 is 6.10 Å². The van der Waals surface area contributed by atoms with Gasteiger partial charge >= 0.3 is 0 Å². The van der Waals surface area contributed by atoms with Crippen LogP contribution in [0.5, 0.6) is 5.75 Å². The Bertz CT molecular complexity index is 411. The van der Waals surface area contributed by atoms with Gasteiger partial charge < -0.3 is 20.5 Å². The molecule has 3 atom stereocenters. The molecule has 0 spiro atoms. The molecule has 3 N–H and O–H groups in total. The highest BCUT2D eigenvalue weighted by Gasteiger charge is 2.23. The van der Waals surface area contributed by atoms with Crippen molar-refractivity contribution in [3.05, 3.63) is 29.8 Å². The summed E-state index contributed by atoms with van der Waals surface area (Å²) in [5, 5.41) is 10.1. The Morgan fingerprint density at radius 3 is 2.43 bits per heavy atom. The van der Waals surface area contributed by atoms with Crippen LogP contribution >= 0.6 is 0 Å². The number of hydrogen-bond acceptors (Lipinski definition) is 4. The van der Waals surface area contributed by atoms with Crippen molar-refractivity contribution in [2.45, 2.75) is 32.9 Å². The van der Waals surface area contributed by atoms with Gasteiger partial charge in [0.2, 0.25) is 0 Å². The zero-order chi connectivity index (χ0) is 15.2. The van der Waals surface area contributed by atoms with E-state index in [-0.39, 0.29) is 0 Å². The number of aliphatic hydroxyl groups excluding tert-OH is 1. The molecule has 0 radical (unpaired) electrons. The molecule has 0 bridgehead atoms. The molecule has 118 valence electrons. The fourth-order valence-corrected chi connectivity index (χ4v) is 3.21. The van der Waals surface area contributed by atoms with Crippen LogP contribution in [0.25, 0.3) is 0 Å². The lowest BCUT2D eigenvalue weighted by Gasteiger charge is -2.35. The number of β-amino-alcohol motifs (C(OH)–C–C–N with tert-alkyl or cyclic N) is 1. The first-order chi connectivity index (χ1) is 10.1. The number of nitrogens with two attached hydrogens (primary N) is 1. The summed E-state index contributed by atoms with van der Waals surface area (Å²) < 4.78 is 5.65. The highest BCUT2D eigenvalue weighted by molar-refractivity contribution is 5.27. The Kier molecular flexibility index (Phi) is 6.03. The number of benzene rings is 1. The third kappa shape index (κ3) is 5.30. The van der Waals surface area contributed by atoms with Crippen LogP contribution in [-0.2, 0) is 6.54 Å². The molecule has 1 aromatic rings. The molecule has 1 heterocycles. The number of nitrogens with zero attached hydrogens (tertiary/aromatic N) is 1. The quantitative estimate of drug-likeness (QED) is 0.840. The van der Waals surface area contributed by atoms with Gasteiger partial charge in [-0.25, -0.2) is 0 Å². The number of likely N-dealkylation sites (tertiary alicyclic amines) is 1. The van der Waals surface area contributed by atoms with E-state index >= 15 is 0 Å². The van der Waals surface area contributed by atoms with Gasteiger partial charge in [0.25, 0.3) is 0 Å². The minimum absolute atomic E-state index is 0.335. The van der Waals surface area contributed by atoms with Crippen molar-refractivity contribution < 1.29 is 9.84 Å². The molecule has 4 nitrogen and oxygen atoms in total. The summed E-state index contributed by atoms with van der Waals surface area (Å²) >= 11 is 0. The lowest BCUT2D eigenvalue weighted by Crippen LogP contribution is -2.43. The molecule has 0 aromatic heterocycles. The average molecular weight is 292 g/mol. The Labute approximate surface area is 127 Å². The van der Waals surface area contributed by atoms with Gasteiger partial charge in [-0.1, -0.05) is 26.0 Å². The van der Waals surface area contributed by atoms with Gasteiger partial charge in [0.1, 0.15) is 18.5 Å². The smallest absolute Gasteiger partial charge is 0.119 e. The van der Waals surface area contributed by atoms with Crippen molar-refractivity contribution in [2.75, 3.05) is 26.2 Å². The molecular formula is C17H28N2O2. The lowest BCUT2D eigenvalue weighted by molar-refractivity contribution is 0.0429. The Balaban J connectivity index is 1.74. The second kappa shape index (κ2) is 7.78. The van der Waals surface area contributed by atoms with Crippen LogP contribution in [-0.4, -0.2) is 42.4 Å². The average Bonchev–Trinajstić information content (AvgIpc) is 2.44. The first-order valence-corrected chi connectivity index (χ1v) is 7.89. The molecule has 3 unspecified atom stereocenters. The monoisotopic (exact) mass is 292 g/mol. The summed E-state index contributed by atoms with van der Waals surface area (Å²) in [4.78, 5) is 2.35. The van der Waals surface area contributed by atoms with Crippen LogP contribution in [0.2, 0.25) is 0 Å². The lowest BCUT2D eigenvalue weighted by atomic mass is 9.92. The summed E-state index contributed by atoms with van der Waals surface area (Å²) in [6, 6.07) is 7.71. The van der Waals surface area contributed by atoms with Crippen molar-refractivity contribution in [1.29, 1.82) is 0 Å². The summed E-state index contributed by atoms with van der Waals surface area (Å²) in [5.41, 5.74) is 6.64. The summed E-state index contributed by atoms with van der Waals surface area (Å²) in [6.07, 6.45) is 0.841. The highest BCUT2D eigenvalue weighted by Crippen LogP contribution is 2.21. The van der Waals surface area contributed by atoms with Crippen molar-refractivity contribution in [3.8, 4) is 5.75 Å². The molecular weight excluding hydrogens is 264 g/mol. The Hall–Kier alpha value is -1.10. The van der Waals surface area contributed by atoms with E-state index in [4.69, 9.17) is 10.5 Å². The SMILES string of the molecule is CC1CC(C)CN(CC(O)COc2ccc(CN)cc2)C1. The molecule has 1 fully saturated rings. The topological polar surface area (TPSA) is 58.7 Å². The van der Waals surface area contributed by atoms with Crippen molar-refractivity contribution in [2.24, 2.45) is 17.6 Å². The van der Waals surface area contributed by atoms with Crippen molar-refractivity contribution in [3.63, 3.8) is 0 Å². The van der Waals surface area contributed by atoms with Gasteiger partial charge in [0, 0.05) is 26.2 Å². The minimum atomic E-state index is -0.448. The van der Waals surface area contributed by atoms with Crippen LogP contribution in [0.1, 0.15) is 25.8 Å². The van der Waals surface area contributed by atoms with E-state index in [2.05, 4.69) is 18.7 Å². The fourth-order valence-electron chi connectivity index (χ4n) is 3.21. The first-order valence-electron chi connectivity index (χ1n) is 7.89. The maximum absolute atomic E-state index is 10.1. The largest absolute Gasteiger partial charge is 0.491 e. The molecule has 1 aliphatic heterocycles. The number of ether oxygens (including phenoxy) is 1. The predicted molar refractivity (Wildman–Crippen MR) is 85.2 cm³/mol. The minimum Gasteiger partial charge on any atom is -0.491 e. The van der Waals surface area contributed by atoms with Crippen LogP contribution in [0.4, 0.5) is 0 Å². The van der Waals surface area contributed by atoms with E-state index in [0.29, 0.717) is 31.5 Å². The van der Waals surface area contributed by atoms with Gasteiger partial charge in [0.15, 0.2) is 0 Å². The predicted octanol–water partition coefficient (Wildman–Crippen LogP) is 1.86. The number of aliphatic hydroxyl groups is 1. The molecule has 0 saturated carbocycles. The standard InChI is InChI=1S/C17H28N2O2/c1-13-7-14(2)10-19(9-13)11-16(20)12-21-17-5-3-15(8-18)4-6-17/h3-6,13-14,16,20H,7-12,18H2,1-2H3. The molecule has 21 heavy (non-hydrogen) atoms. The van der Waals surface area contributed by atoms with Crippen molar-refractivity contribution >= 4 is 0 Å². The molecule has 0 amide bonds. The van der Waals surface area contributed by atoms with Crippen LogP contribution in [0, 0.1) is 11.8 Å². The van der Waals surface area contributed by atoms with Gasteiger partial charge in [-0.15, -0.1) is 0 Å². The van der Waals surface area contributed by atoms with Crippen molar-refractivity contribution in [1.82, 2.24) is 4.90 Å². The Morgan fingerprint density at radius 1 is 1.24 bits per heavy atom. The summed E-state index contributed by atoms with van der Waals surface area (Å²) in [5.74, 6) is 2.21. The van der Waals surface area contributed by atoms with E-state index in [1.807, 2.05) is 24.3 Å². The van der Waals surface area contributed by atoms with Gasteiger partial charge in [-0.3, -0.25) is 0 Å².